The summed E-state index contributed by atoms with van der Waals surface area (Å²) in [5.74, 6) is -0.599. The Bertz CT molecular complexity index is 998. The van der Waals surface area contributed by atoms with Crippen molar-refractivity contribution in [3.63, 3.8) is 0 Å². The highest BCUT2D eigenvalue weighted by Gasteiger charge is 2.12. The van der Waals surface area contributed by atoms with E-state index >= 15 is 0 Å². The van der Waals surface area contributed by atoms with E-state index in [0.717, 1.165) is 16.7 Å². The van der Waals surface area contributed by atoms with E-state index in [0.29, 0.717) is 23.4 Å². The molecule has 3 aromatic rings. The summed E-state index contributed by atoms with van der Waals surface area (Å²) in [4.78, 5) is 24.4. The summed E-state index contributed by atoms with van der Waals surface area (Å²) < 4.78 is 4.72. The Morgan fingerprint density at radius 2 is 1.64 bits per heavy atom. The zero-order chi connectivity index (χ0) is 19.9. The largest absolute Gasteiger partial charge is 0.469 e. The minimum absolute atomic E-state index is 0.0961. The number of carbonyl (C=O) groups is 2. The quantitative estimate of drug-likeness (QED) is 0.644. The highest BCUT2D eigenvalue weighted by atomic mass is 16.5. The number of benzene rings is 3. The van der Waals surface area contributed by atoms with Crippen molar-refractivity contribution in [2.75, 3.05) is 12.4 Å². The van der Waals surface area contributed by atoms with Crippen LogP contribution in [-0.2, 0) is 22.5 Å². The molecular formula is C23H22N2O3. The van der Waals surface area contributed by atoms with Crippen LogP contribution in [0.25, 0.3) is 11.1 Å². The van der Waals surface area contributed by atoms with Crippen molar-refractivity contribution >= 4 is 17.6 Å². The van der Waals surface area contributed by atoms with Gasteiger partial charge in [-0.05, 0) is 46.5 Å². The van der Waals surface area contributed by atoms with Crippen LogP contribution in [-0.4, -0.2) is 19.0 Å². The molecule has 0 bridgehead atoms. The van der Waals surface area contributed by atoms with E-state index in [4.69, 9.17) is 10.5 Å². The Labute approximate surface area is 164 Å². The molecule has 142 valence electrons. The molecule has 0 aliphatic rings. The number of para-hydroxylation sites is 1. The molecule has 5 heteroatoms. The summed E-state index contributed by atoms with van der Waals surface area (Å²) >= 11 is 0. The molecule has 0 heterocycles. The lowest BCUT2D eigenvalue weighted by Crippen LogP contribution is -2.15. The fraction of sp³-hybridized carbons (Fsp3) is 0.130. The first-order chi connectivity index (χ1) is 13.6. The Morgan fingerprint density at radius 3 is 2.39 bits per heavy atom. The van der Waals surface area contributed by atoms with Gasteiger partial charge in [0, 0.05) is 17.8 Å². The molecular weight excluding hydrogens is 352 g/mol. The number of amides is 1. The molecule has 0 saturated heterocycles. The first kappa shape index (κ1) is 19.3. The van der Waals surface area contributed by atoms with Crippen LogP contribution < -0.4 is 11.1 Å². The van der Waals surface area contributed by atoms with Gasteiger partial charge in [-0.25, -0.2) is 0 Å². The standard InChI is InChI=1S/C23H22N2O3/c1-28-22(26)14-19-7-2-3-11-21(19)25-23(27)20-10-5-9-18(13-20)17-8-4-6-16(12-17)15-24/h2-13H,14-15,24H2,1H3,(H,25,27). The van der Waals surface area contributed by atoms with E-state index in [9.17, 15) is 9.59 Å². The van der Waals surface area contributed by atoms with Gasteiger partial charge in [0.05, 0.1) is 13.5 Å². The summed E-state index contributed by atoms with van der Waals surface area (Å²) in [6.07, 6.45) is 0.0961. The number of carbonyl (C=O) groups excluding carboxylic acids is 2. The minimum Gasteiger partial charge on any atom is -0.469 e. The maximum atomic E-state index is 12.8. The fourth-order valence-electron chi connectivity index (χ4n) is 2.94. The van der Waals surface area contributed by atoms with Crippen LogP contribution in [0, 0.1) is 0 Å². The number of nitrogens with one attached hydrogen (secondary N) is 1. The topological polar surface area (TPSA) is 81.4 Å². The van der Waals surface area contributed by atoms with Gasteiger partial charge >= 0.3 is 5.97 Å². The van der Waals surface area contributed by atoms with Crippen LogP contribution >= 0.6 is 0 Å². The molecule has 0 spiro atoms. The number of nitrogens with two attached hydrogens (primary N) is 1. The third-order valence-electron chi connectivity index (χ3n) is 4.45. The number of esters is 1. The average molecular weight is 374 g/mol. The number of rotatable bonds is 6. The second-order valence-corrected chi connectivity index (χ2v) is 6.35. The normalized spacial score (nSPS) is 10.4. The van der Waals surface area contributed by atoms with Gasteiger partial charge in [0.25, 0.3) is 5.91 Å². The number of methoxy groups -OCH3 is 1. The number of anilines is 1. The zero-order valence-electron chi connectivity index (χ0n) is 15.6. The molecule has 0 saturated carbocycles. The summed E-state index contributed by atoms with van der Waals surface area (Å²) in [6, 6.07) is 22.5. The van der Waals surface area contributed by atoms with Crippen molar-refractivity contribution in [2.24, 2.45) is 5.73 Å². The number of hydrogen-bond donors (Lipinski definition) is 2. The Morgan fingerprint density at radius 1 is 0.929 bits per heavy atom. The fourth-order valence-corrected chi connectivity index (χ4v) is 2.94. The summed E-state index contributed by atoms with van der Waals surface area (Å²) in [7, 11) is 1.34. The maximum absolute atomic E-state index is 12.8. The van der Waals surface area contributed by atoms with Gasteiger partial charge < -0.3 is 15.8 Å². The first-order valence-electron chi connectivity index (χ1n) is 8.96. The monoisotopic (exact) mass is 374 g/mol. The van der Waals surface area contributed by atoms with E-state index < -0.39 is 0 Å². The Balaban J connectivity index is 1.83. The van der Waals surface area contributed by atoms with E-state index in [1.807, 2.05) is 54.6 Å². The van der Waals surface area contributed by atoms with Gasteiger partial charge in [-0.15, -0.1) is 0 Å². The molecule has 0 radical (unpaired) electrons. The number of hydrogen-bond acceptors (Lipinski definition) is 4. The van der Waals surface area contributed by atoms with E-state index in [1.165, 1.54) is 7.11 Å². The van der Waals surface area contributed by atoms with Gasteiger partial charge in [0.15, 0.2) is 0 Å². The molecule has 28 heavy (non-hydrogen) atoms. The van der Waals surface area contributed by atoms with Crippen molar-refractivity contribution in [3.8, 4) is 11.1 Å². The summed E-state index contributed by atoms with van der Waals surface area (Å²) in [6.45, 7) is 0.463. The smallest absolute Gasteiger partial charge is 0.310 e. The maximum Gasteiger partial charge on any atom is 0.310 e. The van der Waals surface area contributed by atoms with Gasteiger partial charge in [-0.2, -0.15) is 0 Å². The number of ether oxygens (including phenoxy) is 1. The average Bonchev–Trinajstić information content (AvgIpc) is 2.75. The zero-order valence-corrected chi connectivity index (χ0v) is 15.6. The Hall–Kier alpha value is -3.44. The van der Waals surface area contributed by atoms with Gasteiger partial charge in [0.2, 0.25) is 0 Å². The molecule has 1 amide bonds. The molecule has 0 aliphatic heterocycles. The van der Waals surface area contributed by atoms with Crippen molar-refractivity contribution in [1.29, 1.82) is 0 Å². The van der Waals surface area contributed by atoms with E-state index in [-0.39, 0.29) is 18.3 Å². The molecule has 0 atom stereocenters. The molecule has 3 aromatic carbocycles. The summed E-state index contributed by atoms with van der Waals surface area (Å²) in [5.41, 5.74) is 10.5. The van der Waals surface area contributed by atoms with Crippen LogP contribution in [0.15, 0.2) is 72.8 Å². The van der Waals surface area contributed by atoms with Crippen molar-refractivity contribution in [2.45, 2.75) is 13.0 Å². The third kappa shape index (κ3) is 4.64. The SMILES string of the molecule is COC(=O)Cc1ccccc1NC(=O)c1cccc(-c2cccc(CN)c2)c1. The van der Waals surface area contributed by atoms with Crippen LogP contribution in [0.3, 0.4) is 0 Å². The molecule has 0 fully saturated rings. The predicted octanol–water partition coefficient (Wildman–Crippen LogP) is 3.78. The predicted molar refractivity (Wildman–Crippen MR) is 110 cm³/mol. The van der Waals surface area contributed by atoms with Crippen LogP contribution in [0.1, 0.15) is 21.5 Å². The Kier molecular flexibility index (Phi) is 6.19. The van der Waals surface area contributed by atoms with Crippen molar-refractivity contribution in [3.05, 3.63) is 89.5 Å². The molecule has 0 aliphatic carbocycles. The third-order valence-corrected chi connectivity index (χ3v) is 4.45. The molecule has 5 nitrogen and oxygen atoms in total. The van der Waals surface area contributed by atoms with Crippen LogP contribution in [0.5, 0.6) is 0 Å². The van der Waals surface area contributed by atoms with Gasteiger partial charge in [0.1, 0.15) is 0 Å². The summed E-state index contributed by atoms with van der Waals surface area (Å²) in [5, 5.41) is 2.89. The second-order valence-electron chi connectivity index (χ2n) is 6.35. The van der Waals surface area contributed by atoms with Gasteiger partial charge in [-0.3, -0.25) is 9.59 Å². The van der Waals surface area contributed by atoms with Crippen molar-refractivity contribution < 1.29 is 14.3 Å². The second kappa shape index (κ2) is 8.97. The van der Waals surface area contributed by atoms with Crippen molar-refractivity contribution in [1.82, 2.24) is 0 Å². The lowest BCUT2D eigenvalue weighted by molar-refractivity contribution is -0.139. The molecule has 3 N–H and O–H groups in total. The molecule has 0 aromatic heterocycles. The van der Waals surface area contributed by atoms with E-state index in [1.54, 1.807) is 18.2 Å². The van der Waals surface area contributed by atoms with Gasteiger partial charge in [-0.1, -0.05) is 48.5 Å². The highest BCUT2D eigenvalue weighted by Crippen LogP contribution is 2.23. The highest BCUT2D eigenvalue weighted by molar-refractivity contribution is 6.05. The van der Waals surface area contributed by atoms with E-state index in [2.05, 4.69) is 5.32 Å². The van der Waals surface area contributed by atoms with Crippen LogP contribution in [0.2, 0.25) is 0 Å². The van der Waals surface area contributed by atoms with Crippen LogP contribution in [0.4, 0.5) is 5.69 Å². The lowest BCUT2D eigenvalue weighted by Gasteiger charge is -2.11. The minimum atomic E-state index is -0.358. The first-order valence-corrected chi connectivity index (χ1v) is 8.96. The molecule has 0 unspecified atom stereocenters. The molecule has 3 rings (SSSR count). The lowest BCUT2D eigenvalue weighted by atomic mass is 10.0.